The fourth-order valence-corrected chi connectivity index (χ4v) is 3.61. The first-order valence-corrected chi connectivity index (χ1v) is 8.20. The lowest BCUT2D eigenvalue weighted by atomic mass is 9.97. The predicted molar refractivity (Wildman–Crippen MR) is 94.2 cm³/mol. The van der Waals surface area contributed by atoms with Gasteiger partial charge in [0.2, 0.25) is 0 Å². The first kappa shape index (κ1) is 14.1. The fraction of sp³-hybridized carbons (Fsp3) is 0.250. The third kappa shape index (κ3) is 2.33. The Bertz CT molecular complexity index is 865. The molecule has 1 N–H and O–H groups in total. The highest BCUT2D eigenvalue weighted by molar-refractivity contribution is 6.11. The molecule has 2 aromatic carbocycles. The van der Waals surface area contributed by atoms with Crippen molar-refractivity contribution in [3.63, 3.8) is 0 Å². The van der Waals surface area contributed by atoms with Crippen molar-refractivity contribution >= 4 is 22.4 Å². The quantitative estimate of drug-likeness (QED) is 0.736. The van der Waals surface area contributed by atoms with E-state index in [-0.39, 0.29) is 11.8 Å². The number of nitrogens with zero attached hydrogens (tertiary/aromatic N) is 1. The number of benzene rings is 2. The second-order valence-electron chi connectivity index (χ2n) is 6.21. The summed E-state index contributed by atoms with van der Waals surface area (Å²) in [7, 11) is 0. The monoisotopic (exact) mass is 304 g/mol. The summed E-state index contributed by atoms with van der Waals surface area (Å²) in [5.41, 5.74) is 4.36. The largest absolute Gasteiger partial charge is 0.361 e. The van der Waals surface area contributed by atoms with Crippen molar-refractivity contribution in [2.45, 2.75) is 25.8 Å². The molecule has 0 unspecified atom stereocenters. The molecular weight excluding hydrogens is 284 g/mol. The van der Waals surface area contributed by atoms with Crippen LogP contribution < -0.4 is 4.90 Å². The molecule has 2 heterocycles. The summed E-state index contributed by atoms with van der Waals surface area (Å²) >= 11 is 0. The van der Waals surface area contributed by atoms with Gasteiger partial charge in [0.25, 0.3) is 0 Å². The minimum Gasteiger partial charge on any atom is -0.361 e. The number of rotatable bonds is 3. The molecule has 3 heteroatoms. The SMILES string of the molecule is C[C@H](C(=O)c1c[nH]c2ccccc12)N1CCCc2ccccc21. The molecule has 3 aromatic rings. The van der Waals surface area contributed by atoms with Crippen LogP contribution in [-0.4, -0.2) is 23.4 Å². The third-order valence-electron chi connectivity index (χ3n) is 4.85. The van der Waals surface area contributed by atoms with E-state index >= 15 is 0 Å². The zero-order chi connectivity index (χ0) is 15.8. The number of Topliss-reactive ketones (excluding diaryl/α,β-unsaturated/α-hetero) is 1. The molecule has 0 fully saturated rings. The Balaban J connectivity index is 1.70. The maximum atomic E-state index is 13.1. The highest BCUT2D eigenvalue weighted by Crippen LogP contribution is 2.30. The van der Waals surface area contributed by atoms with Crippen molar-refractivity contribution in [2.24, 2.45) is 0 Å². The highest BCUT2D eigenvalue weighted by Gasteiger charge is 2.27. The van der Waals surface area contributed by atoms with Crippen LogP contribution in [0.1, 0.15) is 29.3 Å². The number of anilines is 1. The van der Waals surface area contributed by atoms with E-state index in [2.05, 4.69) is 34.1 Å². The lowest BCUT2D eigenvalue weighted by Crippen LogP contribution is -2.42. The van der Waals surface area contributed by atoms with E-state index in [9.17, 15) is 4.79 Å². The first-order valence-electron chi connectivity index (χ1n) is 8.20. The van der Waals surface area contributed by atoms with Crippen LogP contribution in [0, 0.1) is 0 Å². The predicted octanol–water partition coefficient (Wildman–Crippen LogP) is 4.19. The molecule has 1 aliphatic rings. The van der Waals surface area contributed by atoms with Crippen LogP contribution >= 0.6 is 0 Å². The van der Waals surface area contributed by atoms with Gasteiger partial charge in [0.05, 0.1) is 6.04 Å². The summed E-state index contributed by atoms with van der Waals surface area (Å²) in [6.45, 7) is 2.96. The summed E-state index contributed by atoms with van der Waals surface area (Å²) < 4.78 is 0. The van der Waals surface area contributed by atoms with Crippen LogP contribution in [-0.2, 0) is 6.42 Å². The fourth-order valence-electron chi connectivity index (χ4n) is 3.61. The number of nitrogens with one attached hydrogen (secondary N) is 1. The number of carbonyl (C=O) groups excluding carboxylic acids is 1. The van der Waals surface area contributed by atoms with Crippen molar-refractivity contribution in [3.05, 3.63) is 65.9 Å². The van der Waals surface area contributed by atoms with Gasteiger partial charge in [0.1, 0.15) is 0 Å². The van der Waals surface area contributed by atoms with Crippen molar-refractivity contribution in [1.29, 1.82) is 0 Å². The minimum atomic E-state index is -0.157. The molecule has 0 saturated heterocycles. The Morgan fingerprint density at radius 1 is 1.13 bits per heavy atom. The van der Waals surface area contributed by atoms with E-state index in [4.69, 9.17) is 0 Å². The normalized spacial score (nSPS) is 15.4. The van der Waals surface area contributed by atoms with Crippen molar-refractivity contribution in [2.75, 3.05) is 11.4 Å². The number of hydrogen-bond donors (Lipinski definition) is 1. The van der Waals surface area contributed by atoms with Crippen LogP contribution in [0.25, 0.3) is 10.9 Å². The van der Waals surface area contributed by atoms with Crippen LogP contribution in [0.3, 0.4) is 0 Å². The van der Waals surface area contributed by atoms with Gasteiger partial charge >= 0.3 is 0 Å². The molecule has 23 heavy (non-hydrogen) atoms. The number of carbonyl (C=O) groups is 1. The maximum absolute atomic E-state index is 13.1. The molecule has 0 radical (unpaired) electrons. The summed E-state index contributed by atoms with van der Waals surface area (Å²) in [6.07, 6.45) is 4.04. The third-order valence-corrected chi connectivity index (χ3v) is 4.85. The second kappa shape index (κ2) is 5.58. The van der Waals surface area contributed by atoms with Gasteiger partial charge in [0, 0.05) is 34.9 Å². The maximum Gasteiger partial charge on any atom is 0.187 e. The first-order chi connectivity index (χ1) is 11.3. The Morgan fingerprint density at radius 3 is 2.83 bits per heavy atom. The molecule has 0 spiro atoms. The molecule has 0 amide bonds. The summed E-state index contributed by atoms with van der Waals surface area (Å²) in [6, 6.07) is 16.3. The number of aryl methyl sites for hydroxylation is 1. The molecule has 1 aliphatic heterocycles. The Hall–Kier alpha value is -2.55. The van der Waals surface area contributed by atoms with Crippen molar-refractivity contribution < 1.29 is 4.79 Å². The van der Waals surface area contributed by atoms with Crippen LogP contribution in [0.2, 0.25) is 0 Å². The van der Waals surface area contributed by atoms with E-state index in [0.29, 0.717) is 0 Å². The molecule has 4 rings (SSSR count). The van der Waals surface area contributed by atoms with E-state index in [1.165, 1.54) is 11.3 Å². The smallest absolute Gasteiger partial charge is 0.187 e. The summed E-state index contributed by atoms with van der Waals surface area (Å²) in [5.74, 6) is 0.180. The highest BCUT2D eigenvalue weighted by atomic mass is 16.1. The molecule has 0 aliphatic carbocycles. The molecular formula is C20H20N2O. The van der Waals surface area contributed by atoms with E-state index in [1.807, 2.05) is 37.4 Å². The number of aromatic amines is 1. The molecule has 116 valence electrons. The lowest BCUT2D eigenvalue weighted by molar-refractivity contribution is 0.0965. The number of H-pyrrole nitrogens is 1. The molecule has 0 saturated carbocycles. The number of ketones is 1. The van der Waals surface area contributed by atoms with Crippen LogP contribution in [0.4, 0.5) is 5.69 Å². The van der Waals surface area contributed by atoms with Crippen molar-refractivity contribution in [1.82, 2.24) is 4.98 Å². The van der Waals surface area contributed by atoms with Gasteiger partial charge in [-0.25, -0.2) is 0 Å². The zero-order valence-corrected chi connectivity index (χ0v) is 13.3. The number of hydrogen-bond acceptors (Lipinski definition) is 2. The standard InChI is InChI=1S/C20H20N2O/c1-14(22-12-6-8-15-7-2-5-11-19(15)22)20(23)17-13-21-18-10-4-3-9-16(17)18/h2-5,7,9-11,13-14,21H,6,8,12H2,1H3/t14-/m1/s1. The Kier molecular flexibility index (Phi) is 3.41. The van der Waals surface area contributed by atoms with Gasteiger partial charge in [-0.05, 0) is 37.5 Å². The number of aromatic nitrogens is 1. The summed E-state index contributed by atoms with van der Waals surface area (Å²) in [4.78, 5) is 18.5. The summed E-state index contributed by atoms with van der Waals surface area (Å²) in [5, 5.41) is 1.01. The van der Waals surface area contributed by atoms with Gasteiger partial charge in [-0.1, -0.05) is 36.4 Å². The van der Waals surface area contributed by atoms with Gasteiger partial charge in [-0.3, -0.25) is 4.79 Å². The average Bonchev–Trinajstić information content (AvgIpc) is 3.04. The average molecular weight is 304 g/mol. The second-order valence-corrected chi connectivity index (χ2v) is 6.21. The molecule has 3 nitrogen and oxygen atoms in total. The van der Waals surface area contributed by atoms with Crippen LogP contribution in [0.15, 0.2) is 54.7 Å². The van der Waals surface area contributed by atoms with E-state index < -0.39 is 0 Å². The molecule has 1 atom stereocenters. The minimum absolute atomic E-state index is 0.157. The number of para-hydroxylation sites is 2. The Labute approximate surface area is 135 Å². The zero-order valence-electron chi connectivity index (χ0n) is 13.3. The van der Waals surface area contributed by atoms with Gasteiger partial charge in [-0.15, -0.1) is 0 Å². The topological polar surface area (TPSA) is 36.1 Å². The van der Waals surface area contributed by atoms with E-state index in [0.717, 1.165) is 35.9 Å². The van der Waals surface area contributed by atoms with Gasteiger partial charge < -0.3 is 9.88 Å². The Morgan fingerprint density at radius 2 is 1.91 bits per heavy atom. The molecule has 0 bridgehead atoms. The van der Waals surface area contributed by atoms with Gasteiger partial charge in [0.15, 0.2) is 5.78 Å². The van der Waals surface area contributed by atoms with Crippen molar-refractivity contribution in [3.8, 4) is 0 Å². The van der Waals surface area contributed by atoms with Crippen LogP contribution in [0.5, 0.6) is 0 Å². The lowest BCUT2D eigenvalue weighted by Gasteiger charge is -2.35. The number of fused-ring (bicyclic) bond motifs is 2. The molecule has 1 aromatic heterocycles. The van der Waals surface area contributed by atoms with Gasteiger partial charge in [-0.2, -0.15) is 0 Å². The van der Waals surface area contributed by atoms with E-state index in [1.54, 1.807) is 0 Å².